The average molecular weight is 314 g/mol. The number of hydrogen-bond acceptors (Lipinski definition) is 9. The van der Waals surface area contributed by atoms with E-state index in [2.05, 4.69) is 0 Å². The minimum Gasteiger partial charge on any atom is -0.394 e. The van der Waals surface area contributed by atoms with Crippen LogP contribution in [0.15, 0.2) is 11.2 Å². The fourth-order valence-electron chi connectivity index (χ4n) is 1.95. The summed E-state index contributed by atoms with van der Waals surface area (Å²) in [5.41, 5.74) is 5.48. The zero-order valence-electron chi connectivity index (χ0n) is 9.53. The Morgan fingerprint density at radius 2 is 2.05 bits per heavy atom. The van der Waals surface area contributed by atoms with Gasteiger partial charge in [0.2, 0.25) is 4.71 Å². The monoisotopic (exact) mass is 314 g/mol. The van der Waals surface area contributed by atoms with Gasteiger partial charge in [0.05, 0.1) is 11.6 Å². The van der Waals surface area contributed by atoms with Crippen LogP contribution >= 0.6 is 11.8 Å². The predicted molar refractivity (Wildman–Crippen MR) is 64.8 cm³/mol. The van der Waals surface area contributed by atoms with E-state index in [1.54, 1.807) is 0 Å². The van der Waals surface area contributed by atoms with Gasteiger partial charge in [0.15, 0.2) is 6.23 Å². The number of hydrogen-bond donors (Lipinski definition) is 5. The van der Waals surface area contributed by atoms with E-state index in [4.69, 9.17) is 20.1 Å². The molecule has 0 amide bonds. The van der Waals surface area contributed by atoms with Gasteiger partial charge in [0.1, 0.15) is 18.3 Å². The molecule has 1 unspecified atom stereocenters. The maximum absolute atomic E-state index is 11.2. The first-order valence-electron chi connectivity index (χ1n) is 5.26. The van der Waals surface area contributed by atoms with E-state index in [0.29, 0.717) is 11.8 Å². The summed E-state index contributed by atoms with van der Waals surface area (Å²) in [6, 6.07) is 0. The summed E-state index contributed by atoms with van der Waals surface area (Å²) >= 11 is 0.671. The van der Waals surface area contributed by atoms with Crippen LogP contribution < -0.4 is 5.73 Å². The first-order chi connectivity index (χ1) is 8.75. The fourth-order valence-corrected chi connectivity index (χ4v) is 3.98. The number of thioether (sulfide) groups is 1. The van der Waals surface area contributed by atoms with Crippen molar-refractivity contribution < 1.29 is 33.0 Å². The molecule has 5 atom stereocenters. The molecule has 2 aliphatic heterocycles. The summed E-state index contributed by atoms with van der Waals surface area (Å²) in [7, 11) is -4.47. The highest BCUT2D eigenvalue weighted by atomic mass is 32.3. The molecule has 1 fully saturated rings. The maximum Gasteiger partial charge on any atom is 0.296 e. The lowest BCUT2D eigenvalue weighted by Crippen LogP contribution is -2.46. The summed E-state index contributed by atoms with van der Waals surface area (Å²) in [4.78, 5) is 0.999. The molecule has 2 rings (SSSR count). The molecule has 0 aliphatic carbocycles. The van der Waals surface area contributed by atoms with E-state index in [-0.39, 0.29) is 5.03 Å². The third kappa shape index (κ3) is 2.67. The summed E-state index contributed by atoms with van der Waals surface area (Å²) in [6.45, 7) is -0.536. The molecule has 6 N–H and O–H groups in total. The normalized spacial score (nSPS) is 39.7. The van der Waals surface area contributed by atoms with Gasteiger partial charge in [0.25, 0.3) is 10.1 Å². The van der Waals surface area contributed by atoms with Crippen LogP contribution in [0.4, 0.5) is 0 Å². The number of aliphatic hydroxyl groups excluding tert-OH is 3. The van der Waals surface area contributed by atoms with E-state index in [9.17, 15) is 18.6 Å². The molecule has 2 heterocycles. The van der Waals surface area contributed by atoms with Gasteiger partial charge in [-0.25, -0.2) is 0 Å². The molecular formula is C8H14N2O7S2. The quantitative estimate of drug-likeness (QED) is 0.350. The topological polar surface area (TPSA) is 154 Å². The minimum atomic E-state index is -4.47. The molecule has 19 heavy (non-hydrogen) atoms. The van der Waals surface area contributed by atoms with Gasteiger partial charge < -0.3 is 30.7 Å². The summed E-state index contributed by atoms with van der Waals surface area (Å²) in [5, 5.41) is 28.5. The first-order valence-corrected chi connectivity index (χ1v) is 7.64. The Morgan fingerprint density at radius 3 is 2.53 bits per heavy atom. The SMILES string of the molecule is NC1=CN([C@@H]2O[C@H](CO)[C@@H](O)[C@H]2O)C(S(=O)(=O)O)S1. The van der Waals surface area contributed by atoms with Crippen molar-refractivity contribution in [2.45, 2.75) is 29.2 Å². The van der Waals surface area contributed by atoms with E-state index < -0.39 is 46.0 Å². The van der Waals surface area contributed by atoms with Crippen molar-refractivity contribution in [3.8, 4) is 0 Å². The maximum atomic E-state index is 11.2. The van der Waals surface area contributed by atoms with Crippen molar-refractivity contribution in [2.75, 3.05) is 6.61 Å². The highest BCUT2D eigenvalue weighted by Gasteiger charge is 2.50. The molecule has 0 radical (unpaired) electrons. The van der Waals surface area contributed by atoms with Crippen molar-refractivity contribution >= 4 is 21.9 Å². The Hall–Kier alpha value is -0.560. The van der Waals surface area contributed by atoms with Gasteiger partial charge in [-0.1, -0.05) is 11.8 Å². The number of ether oxygens (including phenoxy) is 1. The number of rotatable bonds is 3. The Balaban J connectivity index is 2.25. The van der Waals surface area contributed by atoms with Crippen LogP contribution in [0.2, 0.25) is 0 Å². The number of nitrogens with two attached hydrogens (primary N) is 1. The van der Waals surface area contributed by atoms with Crippen molar-refractivity contribution in [1.82, 2.24) is 4.90 Å². The Labute approximate surface area is 113 Å². The van der Waals surface area contributed by atoms with Crippen LogP contribution in [0.3, 0.4) is 0 Å². The van der Waals surface area contributed by atoms with Gasteiger partial charge in [-0.05, 0) is 0 Å². The number of aliphatic hydroxyl groups is 3. The van der Waals surface area contributed by atoms with Crippen molar-refractivity contribution in [2.24, 2.45) is 5.73 Å². The Bertz CT molecular complexity index is 481. The molecule has 110 valence electrons. The second kappa shape index (κ2) is 5.09. The lowest BCUT2D eigenvalue weighted by molar-refractivity contribution is -0.0766. The Morgan fingerprint density at radius 1 is 1.42 bits per heavy atom. The van der Waals surface area contributed by atoms with Gasteiger partial charge >= 0.3 is 0 Å². The second-order valence-corrected chi connectivity index (χ2v) is 7.08. The molecular weight excluding hydrogens is 300 g/mol. The molecule has 9 nitrogen and oxygen atoms in total. The van der Waals surface area contributed by atoms with E-state index in [0.717, 1.165) is 4.90 Å². The minimum absolute atomic E-state index is 0.111. The summed E-state index contributed by atoms with van der Waals surface area (Å²) in [5.74, 6) is 0. The molecule has 0 spiro atoms. The van der Waals surface area contributed by atoms with Gasteiger partial charge in [-0.2, -0.15) is 8.42 Å². The standard InChI is InChI=1S/C8H14N2O7S2/c9-4-1-10(8(18-4)19(14,15)16)7-6(13)5(12)3(2-11)17-7/h1,3,5-8,11-13H,2,9H2,(H,14,15,16)/t3-,5-,6-,7-,8?/m1/s1. The lowest BCUT2D eigenvalue weighted by Gasteiger charge is -2.29. The smallest absolute Gasteiger partial charge is 0.296 e. The van der Waals surface area contributed by atoms with E-state index >= 15 is 0 Å². The second-order valence-electron chi connectivity index (χ2n) is 4.15. The molecule has 2 aliphatic rings. The Kier molecular flexibility index (Phi) is 3.97. The molecule has 1 saturated heterocycles. The van der Waals surface area contributed by atoms with Gasteiger partial charge in [0, 0.05) is 6.20 Å². The molecule has 0 aromatic rings. The first kappa shape index (κ1) is 14.8. The zero-order chi connectivity index (χ0) is 14.4. The van der Waals surface area contributed by atoms with E-state index in [1.807, 2.05) is 0 Å². The lowest BCUT2D eigenvalue weighted by atomic mass is 10.1. The van der Waals surface area contributed by atoms with Crippen LogP contribution in [-0.2, 0) is 14.9 Å². The number of nitrogens with zero attached hydrogens (tertiary/aromatic N) is 1. The fraction of sp³-hybridized carbons (Fsp3) is 0.750. The third-order valence-electron chi connectivity index (χ3n) is 2.82. The summed E-state index contributed by atoms with van der Waals surface area (Å²) in [6.07, 6.45) is -3.87. The highest BCUT2D eigenvalue weighted by molar-refractivity contribution is 8.14. The summed E-state index contributed by atoms with van der Waals surface area (Å²) < 4.78 is 35.3. The molecule has 0 saturated carbocycles. The largest absolute Gasteiger partial charge is 0.394 e. The van der Waals surface area contributed by atoms with Crippen molar-refractivity contribution in [1.29, 1.82) is 0 Å². The molecule has 0 aromatic heterocycles. The van der Waals surface area contributed by atoms with Crippen LogP contribution in [0.25, 0.3) is 0 Å². The molecule has 0 bridgehead atoms. The predicted octanol–water partition coefficient (Wildman–Crippen LogP) is -2.60. The van der Waals surface area contributed by atoms with E-state index in [1.165, 1.54) is 6.20 Å². The van der Waals surface area contributed by atoms with Crippen molar-refractivity contribution in [3.05, 3.63) is 11.2 Å². The third-order valence-corrected chi connectivity index (χ3v) is 5.42. The van der Waals surface area contributed by atoms with Gasteiger partial charge in [-0.15, -0.1) is 0 Å². The molecule has 0 aromatic carbocycles. The highest BCUT2D eigenvalue weighted by Crippen LogP contribution is 2.37. The zero-order valence-corrected chi connectivity index (χ0v) is 11.2. The van der Waals surface area contributed by atoms with Crippen LogP contribution in [0.1, 0.15) is 0 Å². The molecule has 11 heteroatoms. The van der Waals surface area contributed by atoms with Crippen molar-refractivity contribution in [3.63, 3.8) is 0 Å². The van der Waals surface area contributed by atoms with Crippen LogP contribution in [0.5, 0.6) is 0 Å². The van der Waals surface area contributed by atoms with Crippen LogP contribution in [0, 0.1) is 0 Å². The van der Waals surface area contributed by atoms with Gasteiger partial charge in [-0.3, -0.25) is 4.55 Å². The van der Waals surface area contributed by atoms with Crippen LogP contribution in [-0.4, -0.2) is 69.0 Å². The average Bonchev–Trinajstić information content (AvgIpc) is 2.82.